The standard InChI is InChI=1S/C26H28N2O3/c1-26(2,3)31-25(30)22-16-13-20(18-11-14-21(15-12-18)28(4)5)17-23(22)27-24(29)19-9-7-6-8-10-19/h6-17H,1-5H3,(H,27,29). The summed E-state index contributed by atoms with van der Waals surface area (Å²) < 4.78 is 5.54. The molecule has 0 atom stereocenters. The number of ether oxygens (including phenoxy) is 1. The van der Waals surface area contributed by atoms with Gasteiger partial charge in [-0.2, -0.15) is 0 Å². The Morgan fingerprint density at radius 3 is 2.03 bits per heavy atom. The molecular weight excluding hydrogens is 388 g/mol. The van der Waals surface area contributed by atoms with Crippen molar-refractivity contribution in [2.45, 2.75) is 26.4 Å². The molecule has 0 spiro atoms. The van der Waals surface area contributed by atoms with Crippen LogP contribution < -0.4 is 10.2 Å². The number of carbonyl (C=O) groups excluding carboxylic acids is 2. The fourth-order valence-corrected chi connectivity index (χ4v) is 3.07. The first kappa shape index (κ1) is 22.1. The monoisotopic (exact) mass is 416 g/mol. The van der Waals surface area contributed by atoms with Gasteiger partial charge < -0.3 is 15.0 Å². The number of rotatable bonds is 5. The molecule has 0 unspecified atom stereocenters. The quantitative estimate of drug-likeness (QED) is 0.548. The Morgan fingerprint density at radius 2 is 1.45 bits per heavy atom. The number of carbonyl (C=O) groups is 2. The summed E-state index contributed by atoms with van der Waals surface area (Å²) in [5, 5.41) is 2.89. The molecule has 5 nitrogen and oxygen atoms in total. The molecule has 0 aromatic heterocycles. The first-order valence-corrected chi connectivity index (χ1v) is 10.2. The number of hydrogen-bond acceptors (Lipinski definition) is 4. The summed E-state index contributed by atoms with van der Waals surface area (Å²) in [6, 6.07) is 22.4. The van der Waals surface area contributed by atoms with E-state index in [1.54, 1.807) is 30.3 Å². The van der Waals surface area contributed by atoms with Crippen molar-refractivity contribution < 1.29 is 14.3 Å². The number of nitrogens with zero attached hydrogens (tertiary/aromatic N) is 1. The molecule has 1 amide bonds. The van der Waals surface area contributed by atoms with E-state index in [1.807, 2.05) is 82.2 Å². The number of nitrogens with one attached hydrogen (secondary N) is 1. The van der Waals surface area contributed by atoms with Crippen molar-refractivity contribution >= 4 is 23.3 Å². The number of amides is 1. The van der Waals surface area contributed by atoms with Crippen molar-refractivity contribution in [2.75, 3.05) is 24.3 Å². The van der Waals surface area contributed by atoms with Crippen molar-refractivity contribution in [3.63, 3.8) is 0 Å². The van der Waals surface area contributed by atoms with E-state index in [4.69, 9.17) is 4.74 Å². The van der Waals surface area contributed by atoms with Crippen LogP contribution in [0.4, 0.5) is 11.4 Å². The molecule has 5 heteroatoms. The van der Waals surface area contributed by atoms with Crippen LogP contribution >= 0.6 is 0 Å². The minimum Gasteiger partial charge on any atom is -0.456 e. The van der Waals surface area contributed by atoms with Crippen LogP contribution in [0.5, 0.6) is 0 Å². The highest BCUT2D eigenvalue weighted by atomic mass is 16.6. The second-order valence-corrected chi connectivity index (χ2v) is 8.52. The van der Waals surface area contributed by atoms with Crippen molar-refractivity contribution in [2.24, 2.45) is 0 Å². The van der Waals surface area contributed by atoms with Crippen LogP contribution in [0, 0.1) is 0 Å². The topological polar surface area (TPSA) is 58.6 Å². The second kappa shape index (κ2) is 9.04. The molecule has 0 saturated heterocycles. The third-order valence-corrected chi connectivity index (χ3v) is 4.64. The molecule has 31 heavy (non-hydrogen) atoms. The van der Waals surface area contributed by atoms with Gasteiger partial charge in [-0.25, -0.2) is 4.79 Å². The Balaban J connectivity index is 1.99. The van der Waals surface area contributed by atoms with E-state index < -0.39 is 11.6 Å². The normalized spacial score (nSPS) is 11.0. The lowest BCUT2D eigenvalue weighted by molar-refractivity contribution is 0.00708. The van der Waals surface area contributed by atoms with E-state index in [-0.39, 0.29) is 5.91 Å². The lowest BCUT2D eigenvalue weighted by Gasteiger charge is -2.21. The van der Waals surface area contributed by atoms with Crippen LogP contribution in [0.25, 0.3) is 11.1 Å². The SMILES string of the molecule is CN(C)c1ccc(-c2ccc(C(=O)OC(C)(C)C)c(NC(=O)c3ccccc3)c2)cc1. The molecule has 0 heterocycles. The van der Waals surface area contributed by atoms with Gasteiger partial charge in [-0.1, -0.05) is 36.4 Å². The Hall–Kier alpha value is -3.60. The van der Waals surface area contributed by atoms with E-state index in [1.165, 1.54) is 0 Å². The Morgan fingerprint density at radius 1 is 0.839 bits per heavy atom. The summed E-state index contributed by atoms with van der Waals surface area (Å²) in [5.41, 5.74) is 3.56. The van der Waals surface area contributed by atoms with Gasteiger partial charge in [0.25, 0.3) is 5.91 Å². The molecule has 3 aromatic carbocycles. The Bertz CT molecular complexity index is 1070. The summed E-state index contributed by atoms with van der Waals surface area (Å²) in [6.07, 6.45) is 0. The van der Waals surface area contributed by atoms with E-state index in [9.17, 15) is 9.59 Å². The summed E-state index contributed by atoms with van der Waals surface area (Å²) in [5.74, 6) is -0.768. The lowest BCUT2D eigenvalue weighted by Crippen LogP contribution is -2.25. The fraction of sp³-hybridized carbons (Fsp3) is 0.231. The third-order valence-electron chi connectivity index (χ3n) is 4.64. The highest BCUT2D eigenvalue weighted by molar-refractivity contribution is 6.08. The summed E-state index contributed by atoms with van der Waals surface area (Å²) in [6.45, 7) is 5.44. The zero-order chi connectivity index (χ0) is 22.6. The Kier molecular flexibility index (Phi) is 6.44. The molecular formula is C26H28N2O3. The summed E-state index contributed by atoms with van der Waals surface area (Å²) in [4.78, 5) is 27.6. The van der Waals surface area contributed by atoms with Crippen molar-refractivity contribution in [1.29, 1.82) is 0 Å². The zero-order valence-corrected chi connectivity index (χ0v) is 18.6. The molecule has 0 radical (unpaired) electrons. The molecule has 3 aromatic rings. The first-order chi connectivity index (χ1) is 14.6. The maximum Gasteiger partial charge on any atom is 0.340 e. The van der Waals surface area contributed by atoms with Gasteiger partial charge in [0.05, 0.1) is 11.3 Å². The van der Waals surface area contributed by atoms with Crippen LogP contribution in [0.1, 0.15) is 41.5 Å². The predicted octanol–water partition coefficient (Wildman–Crippen LogP) is 5.63. The highest BCUT2D eigenvalue weighted by Crippen LogP contribution is 2.29. The second-order valence-electron chi connectivity index (χ2n) is 8.52. The van der Waals surface area contributed by atoms with Crippen LogP contribution in [-0.4, -0.2) is 31.6 Å². The molecule has 0 fully saturated rings. The van der Waals surface area contributed by atoms with Gasteiger partial charge in [-0.15, -0.1) is 0 Å². The third kappa shape index (κ3) is 5.72. The number of anilines is 2. The van der Waals surface area contributed by atoms with E-state index in [0.717, 1.165) is 16.8 Å². The van der Waals surface area contributed by atoms with Gasteiger partial charge in [0.15, 0.2) is 0 Å². The highest BCUT2D eigenvalue weighted by Gasteiger charge is 2.22. The minimum absolute atomic E-state index is 0.287. The smallest absolute Gasteiger partial charge is 0.340 e. The Labute approximate surface area is 183 Å². The molecule has 3 rings (SSSR count). The molecule has 0 bridgehead atoms. The van der Waals surface area contributed by atoms with Crippen LogP contribution in [0.2, 0.25) is 0 Å². The van der Waals surface area contributed by atoms with Gasteiger partial charge in [0.2, 0.25) is 0 Å². The molecule has 0 aliphatic carbocycles. The van der Waals surface area contributed by atoms with Crippen molar-refractivity contribution in [3.8, 4) is 11.1 Å². The number of esters is 1. The van der Waals surface area contributed by atoms with E-state index in [2.05, 4.69) is 5.32 Å². The molecule has 0 aliphatic heterocycles. The molecule has 0 aliphatic rings. The number of hydrogen-bond donors (Lipinski definition) is 1. The fourth-order valence-electron chi connectivity index (χ4n) is 3.07. The van der Waals surface area contributed by atoms with Gasteiger partial charge in [0, 0.05) is 25.3 Å². The minimum atomic E-state index is -0.640. The maximum atomic E-state index is 12.8. The van der Waals surface area contributed by atoms with Crippen LogP contribution in [-0.2, 0) is 4.74 Å². The molecule has 0 saturated carbocycles. The van der Waals surface area contributed by atoms with E-state index in [0.29, 0.717) is 16.8 Å². The van der Waals surface area contributed by atoms with Gasteiger partial charge in [0.1, 0.15) is 5.60 Å². The van der Waals surface area contributed by atoms with Gasteiger partial charge in [-0.3, -0.25) is 4.79 Å². The average molecular weight is 417 g/mol. The molecule has 1 N–H and O–H groups in total. The van der Waals surface area contributed by atoms with Gasteiger partial charge >= 0.3 is 5.97 Å². The predicted molar refractivity (Wildman–Crippen MR) is 126 cm³/mol. The van der Waals surface area contributed by atoms with Crippen LogP contribution in [0.3, 0.4) is 0 Å². The molecule has 160 valence electrons. The largest absolute Gasteiger partial charge is 0.456 e. The van der Waals surface area contributed by atoms with Crippen molar-refractivity contribution in [1.82, 2.24) is 0 Å². The average Bonchev–Trinajstić information content (AvgIpc) is 2.73. The number of benzene rings is 3. The first-order valence-electron chi connectivity index (χ1n) is 10.2. The zero-order valence-electron chi connectivity index (χ0n) is 18.6. The summed E-state index contributed by atoms with van der Waals surface area (Å²) >= 11 is 0. The summed E-state index contributed by atoms with van der Waals surface area (Å²) in [7, 11) is 3.98. The van der Waals surface area contributed by atoms with Gasteiger partial charge in [-0.05, 0) is 68.3 Å². The maximum absolute atomic E-state index is 12.8. The van der Waals surface area contributed by atoms with Crippen molar-refractivity contribution in [3.05, 3.63) is 83.9 Å². The van der Waals surface area contributed by atoms with E-state index >= 15 is 0 Å². The lowest BCUT2D eigenvalue weighted by atomic mass is 10.0. The van der Waals surface area contributed by atoms with Crippen LogP contribution in [0.15, 0.2) is 72.8 Å².